The van der Waals surface area contributed by atoms with Gasteiger partial charge in [0.05, 0.1) is 5.75 Å². The van der Waals surface area contributed by atoms with E-state index in [0.717, 1.165) is 28.2 Å². The van der Waals surface area contributed by atoms with Crippen molar-refractivity contribution < 1.29 is 9.59 Å². The molecule has 1 N–H and O–H groups in total. The molecule has 1 unspecified atom stereocenters. The maximum Gasteiger partial charge on any atom is 0.234 e. The number of ketones is 1. The van der Waals surface area contributed by atoms with Crippen molar-refractivity contribution in [2.24, 2.45) is 0 Å². The highest BCUT2D eigenvalue weighted by atomic mass is 35.5. The molecule has 6 rings (SSSR count). The van der Waals surface area contributed by atoms with Gasteiger partial charge in [-0.15, -0.1) is 10.2 Å². The van der Waals surface area contributed by atoms with Gasteiger partial charge in [-0.1, -0.05) is 84.0 Å². The van der Waals surface area contributed by atoms with Crippen molar-refractivity contribution in [2.75, 3.05) is 23.0 Å². The first kappa shape index (κ1) is 27.5. The van der Waals surface area contributed by atoms with Gasteiger partial charge >= 0.3 is 0 Å². The van der Waals surface area contributed by atoms with Crippen LogP contribution in [0.1, 0.15) is 27.7 Å². The minimum Gasteiger partial charge on any atom is -0.350 e. The topological polar surface area (TPSA) is 80.1 Å². The lowest BCUT2D eigenvalue weighted by atomic mass is 10.0. The molecule has 9 heteroatoms. The molecular weight excluding hydrogens is 566 g/mol. The highest BCUT2D eigenvalue weighted by Gasteiger charge is 2.33. The van der Waals surface area contributed by atoms with Gasteiger partial charge < -0.3 is 10.2 Å². The highest BCUT2D eigenvalue weighted by molar-refractivity contribution is 7.99. The van der Waals surface area contributed by atoms with Crippen LogP contribution in [0.4, 0.5) is 11.4 Å². The number of fused-ring (bicyclic) bond motifs is 3. The molecule has 2 heterocycles. The van der Waals surface area contributed by atoms with Crippen molar-refractivity contribution in [3.8, 4) is 11.4 Å². The number of hydrogen-bond acceptors (Lipinski definition) is 6. The first-order chi connectivity index (χ1) is 20.5. The standard InChI is InChI=1S/C33H26ClN5O2S/c1-38-28-10-6-5-9-27(28)31-36-37-33(39(31)32(38)24-12-16-25(34)17-13-24)42-21-30(41)35-26-18-14-23(15-19-26)29(40)20-11-22-7-3-2-4-8-22/h2-20,32H,21H2,1H3,(H,35,41)/b20-11+. The number of allylic oxidation sites excluding steroid dienone is 1. The number of nitrogens with zero attached hydrogens (tertiary/aromatic N) is 4. The number of carbonyl (C=O) groups excluding carboxylic acids is 2. The molecule has 1 atom stereocenters. The first-order valence-electron chi connectivity index (χ1n) is 13.3. The fraction of sp³-hybridized carbons (Fsp3) is 0.0909. The quantitative estimate of drug-likeness (QED) is 0.117. The normalized spacial score (nSPS) is 14.0. The zero-order valence-corrected chi connectivity index (χ0v) is 24.2. The Labute approximate surface area is 252 Å². The van der Waals surface area contributed by atoms with Gasteiger partial charge in [0.1, 0.15) is 6.17 Å². The SMILES string of the molecule is CN1c2ccccc2-c2nnc(SCC(=O)Nc3ccc(C(=O)/C=C/c4ccccc4)cc3)n2C1c1ccc(Cl)cc1. The second-order valence-electron chi connectivity index (χ2n) is 9.75. The first-order valence-corrected chi connectivity index (χ1v) is 14.7. The van der Waals surface area contributed by atoms with Crippen LogP contribution in [-0.4, -0.2) is 39.3 Å². The molecule has 0 fully saturated rings. The van der Waals surface area contributed by atoms with Crippen LogP contribution in [-0.2, 0) is 4.79 Å². The lowest BCUT2D eigenvalue weighted by Crippen LogP contribution is -2.34. The Balaban J connectivity index is 1.16. The highest BCUT2D eigenvalue weighted by Crippen LogP contribution is 2.43. The van der Waals surface area contributed by atoms with E-state index < -0.39 is 0 Å². The summed E-state index contributed by atoms with van der Waals surface area (Å²) in [5.41, 5.74) is 5.15. The number of para-hydroxylation sites is 1. The third-order valence-corrected chi connectivity index (χ3v) is 8.18. The average Bonchev–Trinajstić information content (AvgIpc) is 3.44. The van der Waals surface area contributed by atoms with Crippen LogP contribution in [0.5, 0.6) is 0 Å². The molecule has 4 aromatic carbocycles. The number of aromatic nitrogens is 3. The maximum atomic E-state index is 12.9. The minimum absolute atomic E-state index is 0.106. The van der Waals surface area contributed by atoms with Crippen molar-refractivity contribution in [1.82, 2.24) is 14.8 Å². The predicted molar refractivity (Wildman–Crippen MR) is 169 cm³/mol. The zero-order valence-electron chi connectivity index (χ0n) is 22.6. The number of nitrogens with one attached hydrogen (secondary N) is 1. The van der Waals surface area contributed by atoms with Crippen LogP contribution in [0.15, 0.2) is 114 Å². The van der Waals surface area contributed by atoms with E-state index in [1.807, 2.05) is 79.8 Å². The van der Waals surface area contributed by atoms with Gasteiger partial charge in [-0.25, -0.2) is 0 Å². The molecule has 0 aliphatic carbocycles. The molecule has 1 aliphatic heterocycles. The van der Waals surface area contributed by atoms with E-state index in [4.69, 9.17) is 11.6 Å². The van der Waals surface area contributed by atoms with Crippen LogP contribution in [0.2, 0.25) is 5.02 Å². The number of amides is 1. The van der Waals surface area contributed by atoms with E-state index in [9.17, 15) is 9.59 Å². The lowest BCUT2D eigenvalue weighted by molar-refractivity contribution is -0.113. The number of benzene rings is 4. The number of anilines is 2. The summed E-state index contributed by atoms with van der Waals surface area (Å²) in [6, 6.07) is 32.3. The molecule has 0 radical (unpaired) electrons. The zero-order chi connectivity index (χ0) is 29.1. The number of thioether (sulfide) groups is 1. The number of hydrogen-bond donors (Lipinski definition) is 1. The minimum atomic E-state index is -0.214. The van der Waals surface area contributed by atoms with Gasteiger partial charge in [0.15, 0.2) is 16.8 Å². The van der Waals surface area contributed by atoms with Gasteiger partial charge in [-0.05, 0) is 65.7 Å². The Hall–Kier alpha value is -4.66. The predicted octanol–water partition coefficient (Wildman–Crippen LogP) is 7.22. The molecule has 1 aliphatic rings. The molecule has 7 nitrogen and oxygen atoms in total. The Bertz CT molecular complexity index is 1770. The van der Waals surface area contributed by atoms with E-state index in [0.29, 0.717) is 21.4 Å². The molecule has 1 aromatic heterocycles. The van der Waals surface area contributed by atoms with Gasteiger partial charge in [0.25, 0.3) is 0 Å². The molecule has 42 heavy (non-hydrogen) atoms. The molecule has 5 aromatic rings. The van der Waals surface area contributed by atoms with Crippen LogP contribution >= 0.6 is 23.4 Å². The van der Waals surface area contributed by atoms with Crippen molar-refractivity contribution >= 4 is 52.5 Å². The summed E-state index contributed by atoms with van der Waals surface area (Å²) in [6.07, 6.45) is 3.12. The van der Waals surface area contributed by atoms with E-state index >= 15 is 0 Å². The summed E-state index contributed by atoms with van der Waals surface area (Å²) in [6.45, 7) is 0. The smallest absolute Gasteiger partial charge is 0.234 e. The summed E-state index contributed by atoms with van der Waals surface area (Å²) in [7, 11) is 2.04. The van der Waals surface area contributed by atoms with E-state index in [1.165, 1.54) is 11.8 Å². The second-order valence-corrected chi connectivity index (χ2v) is 11.1. The molecule has 0 spiro atoms. The van der Waals surface area contributed by atoms with Crippen molar-refractivity contribution in [3.63, 3.8) is 0 Å². The molecule has 1 amide bonds. The summed E-state index contributed by atoms with van der Waals surface area (Å²) in [5, 5.41) is 13.2. The molecule has 0 bridgehead atoms. The fourth-order valence-corrected chi connectivity index (χ4v) is 5.82. The van der Waals surface area contributed by atoms with Crippen molar-refractivity contribution in [1.29, 1.82) is 0 Å². The Morgan fingerprint density at radius 3 is 2.38 bits per heavy atom. The molecule has 208 valence electrons. The van der Waals surface area contributed by atoms with Crippen molar-refractivity contribution in [3.05, 3.63) is 131 Å². The van der Waals surface area contributed by atoms with E-state index in [2.05, 4.69) is 31.0 Å². The molecule has 0 saturated carbocycles. The van der Waals surface area contributed by atoms with Crippen LogP contribution < -0.4 is 10.2 Å². The van der Waals surface area contributed by atoms with E-state index in [1.54, 1.807) is 36.4 Å². The van der Waals surface area contributed by atoms with Gasteiger partial charge in [-0.3, -0.25) is 14.2 Å². The van der Waals surface area contributed by atoms with E-state index in [-0.39, 0.29) is 23.6 Å². The third-order valence-electron chi connectivity index (χ3n) is 6.98. The Kier molecular flexibility index (Phi) is 7.90. The summed E-state index contributed by atoms with van der Waals surface area (Å²) in [5.74, 6) is 0.587. The summed E-state index contributed by atoms with van der Waals surface area (Å²) >= 11 is 7.50. The number of rotatable bonds is 8. The van der Waals surface area contributed by atoms with Crippen molar-refractivity contribution in [2.45, 2.75) is 11.3 Å². The summed E-state index contributed by atoms with van der Waals surface area (Å²) in [4.78, 5) is 27.6. The van der Waals surface area contributed by atoms with Crippen LogP contribution in [0.3, 0.4) is 0 Å². The number of halogens is 1. The molecular formula is C33H26ClN5O2S. The average molecular weight is 592 g/mol. The van der Waals surface area contributed by atoms with Crippen LogP contribution in [0.25, 0.3) is 17.5 Å². The fourth-order valence-electron chi connectivity index (χ4n) is 4.94. The van der Waals surface area contributed by atoms with Gasteiger partial charge in [-0.2, -0.15) is 0 Å². The monoisotopic (exact) mass is 591 g/mol. The van der Waals surface area contributed by atoms with Gasteiger partial charge in [0, 0.05) is 34.6 Å². The third kappa shape index (κ3) is 5.72. The number of carbonyl (C=O) groups is 2. The van der Waals surface area contributed by atoms with Gasteiger partial charge in [0.2, 0.25) is 5.91 Å². The maximum absolute atomic E-state index is 12.9. The van der Waals surface area contributed by atoms with Crippen LogP contribution in [0, 0.1) is 0 Å². The Morgan fingerprint density at radius 2 is 1.62 bits per heavy atom. The summed E-state index contributed by atoms with van der Waals surface area (Å²) < 4.78 is 2.06. The lowest BCUT2D eigenvalue weighted by Gasteiger charge is -2.37. The molecule has 0 saturated heterocycles. The Morgan fingerprint density at radius 1 is 0.905 bits per heavy atom. The second kappa shape index (κ2) is 12.1. The largest absolute Gasteiger partial charge is 0.350 e.